The number of rotatable bonds is 3. The lowest BCUT2D eigenvalue weighted by Crippen LogP contribution is -2.48. The van der Waals surface area contributed by atoms with Crippen LogP contribution in [-0.4, -0.2) is 35.2 Å². The van der Waals surface area contributed by atoms with E-state index in [9.17, 15) is 9.90 Å². The van der Waals surface area contributed by atoms with Gasteiger partial charge in [-0.15, -0.1) is 0 Å². The number of aliphatic hydroxyl groups is 1. The van der Waals surface area contributed by atoms with Crippen LogP contribution in [-0.2, 0) is 0 Å². The first kappa shape index (κ1) is 13.9. The van der Waals surface area contributed by atoms with Crippen molar-refractivity contribution >= 4 is 6.03 Å². The highest BCUT2D eigenvalue weighted by atomic mass is 16.3. The van der Waals surface area contributed by atoms with E-state index in [2.05, 4.69) is 12.2 Å². The summed E-state index contributed by atoms with van der Waals surface area (Å²) in [6.45, 7) is 3.15. The lowest BCUT2D eigenvalue weighted by atomic mass is 10.0. The first-order chi connectivity index (χ1) is 9.18. The molecule has 2 atom stereocenters. The third kappa shape index (κ3) is 3.70. The quantitative estimate of drug-likeness (QED) is 0.878. The maximum absolute atomic E-state index is 12.0. The molecule has 0 saturated carbocycles. The van der Waals surface area contributed by atoms with Gasteiger partial charge in [0, 0.05) is 19.1 Å². The summed E-state index contributed by atoms with van der Waals surface area (Å²) >= 11 is 0. The van der Waals surface area contributed by atoms with Gasteiger partial charge in [-0.1, -0.05) is 30.3 Å². The Morgan fingerprint density at radius 2 is 2.16 bits per heavy atom. The number of piperidine rings is 1. The summed E-state index contributed by atoms with van der Waals surface area (Å²) in [6, 6.07) is 9.62. The normalized spacial score (nSPS) is 20.9. The van der Waals surface area contributed by atoms with Crippen molar-refractivity contribution in [3.63, 3.8) is 0 Å². The van der Waals surface area contributed by atoms with Crippen molar-refractivity contribution in [2.45, 2.75) is 38.3 Å². The van der Waals surface area contributed by atoms with E-state index < -0.39 is 6.10 Å². The maximum Gasteiger partial charge on any atom is 0.317 e. The highest BCUT2D eigenvalue weighted by Crippen LogP contribution is 2.16. The minimum absolute atomic E-state index is 0.0674. The molecule has 2 rings (SSSR count). The number of aliphatic hydroxyl groups excluding tert-OH is 1. The summed E-state index contributed by atoms with van der Waals surface area (Å²) in [7, 11) is 0. The molecule has 2 N–H and O–H groups in total. The zero-order valence-corrected chi connectivity index (χ0v) is 11.4. The first-order valence-corrected chi connectivity index (χ1v) is 6.96. The molecule has 4 nitrogen and oxygen atoms in total. The first-order valence-electron chi connectivity index (χ1n) is 6.96. The molecule has 0 bridgehead atoms. The predicted molar refractivity (Wildman–Crippen MR) is 74.8 cm³/mol. The third-order valence-electron chi connectivity index (χ3n) is 3.69. The van der Waals surface area contributed by atoms with E-state index in [1.54, 1.807) is 0 Å². The molecule has 0 aliphatic carbocycles. The standard InChI is InChI=1S/C15H22N2O2/c1-12-7-5-6-10-17(12)15(19)16-11-14(18)13-8-3-2-4-9-13/h2-4,8-9,12,14,18H,5-7,10-11H2,1H3,(H,16,19). The second-order valence-electron chi connectivity index (χ2n) is 5.15. The monoisotopic (exact) mass is 262 g/mol. The van der Waals surface area contributed by atoms with Crippen LogP contribution in [0.25, 0.3) is 0 Å². The van der Waals surface area contributed by atoms with Gasteiger partial charge in [-0.05, 0) is 31.7 Å². The molecule has 1 aliphatic heterocycles. The zero-order valence-electron chi connectivity index (χ0n) is 11.4. The van der Waals surface area contributed by atoms with Crippen molar-refractivity contribution in [1.29, 1.82) is 0 Å². The van der Waals surface area contributed by atoms with Crippen LogP contribution in [0.5, 0.6) is 0 Å². The van der Waals surface area contributed by atoms with Gasteiger partial charge < -0.3 is 15.3 Å². The van der Waals surface area contributed by atoms with Gasteiger partial charge in [-0.25, -0.2) is 4.79 Å². The third-order valence-corrected chi connectivity index (χ3v) is 3.69. The molecule has 2 unspecified atom stereocenters. The summed E-state index contributed by atoms with van der Waals surface area (Å²) in [5.41, 5.74) is 0.828. The summed E-state index contributed by atoms with van der Waals surface area (Å²) in [5.74, 6) is 0. The molecule has 0 spiro atoms. The molecule has 104 valence electrons. The Morgan fingerprint density at radius 1 is 1.42 bits per heavy atom. The smallest absolute Gasteiger partial charge is 0.317 e. The van der Waals surface area contributed by atoms with Crippen molar-refractivity contribution in [2.24, 2.45) is 0 Å². The Kier molecular flexibility index (Phi) is 4.80. The summed E-state index contributed by atoms with van der Waals surface area (Å²) < 4.78 is 0. The molecule has 1 aromatic carbocycles. The minimum Gasteiger partial charge on any atom is -0.387 e. The fourth-order valence-electron chi connectivity index (χ4n) is 2.48. The summed E-state index contributed by atoms with van der Waals surface area (Å²) in [6.07, 6.45) is 2.68. The SMILES string of the molecule is CC1CCCCN1C(=O)NCC(O)c1ccccc1. The predicted octanol–water partition coefficient (Wildman–Crippen LogP) is 2.30. The van der Waals surface area contributed by atoms with Crippen LogP contribution < -0.4 is 5.32 Å². The number of carbonyl (C=O) groups excluding carboxylic acids is 1. The lowest BCUT2D eigenvalue weighted by molar-refractivity contribution is 0.142. The Morgan fingerprint density at radius 3 is 2.84 bits per heavy atom. The topological polar surface area (TPSA) is 52.6 Å². The second-order valence-corrected chi connectivity index (χ2v) is 5.15. The molecule has 1 heterocycles. The average molecular weight is 262 g/mol. The van der Waals surface area contributed by atoms with Gasteiger partial charge in [-0.3, -0.25) is 0 Å². The van der Waals surface area contributed by atoms with Gasteiger partial charge in [0.05, 0.1) is 6.10 Å². The molecule has 1 aromatic rings. The van der Waals surface area contributed by atoms with Crippen LogP contribution in [0, 0.1) is 0 Å². The highest BCUT2D eigenvalue weighted by Gasteiger charge is 2.23. The van der Waals surface area contributed by atoms with E-state index >= 15 is 0 Å². The molecule has 1 saturated heterocycles. The molecule has 2 amide bonds. The van der Waals surface area contributed by atoms with Gasteiger partial charge in [0.2, 0.25) is 0 Å². The Hall–Kier alpha value is -1.55. The van der Waals surface area contributed by atoms with Crippen molar-refractivity contribution in [2.75, 3.05) is 13.1 Å². The van der Waals surface area contributed by atoms with Crippen molar-refractivity contribution in [3.05, 3.63) is 35.9 Å². The number of likely N-dealkylation sites (tertiary alicyclic amines) is 1. The van der Waals surface area contributed by atoms with Crippen LogP contribution in [0.15, 0.2) is 30.3 Å². The van der Waals surface area contributed by atoms with Crippen molar-refractivity contribution in [3.8, 4) is 0 Å². The van der Waals surface area contributed by atoms with Crippen LogP contribution >= 0.6 is 0 Å². The fraction of sp³-hybridized carbons (Fsp3) is 0.533. The molecule has 0 aromatic heterocycles. The van der Waals surface area contributed by atoms with E-state index in [0.29, 0.717) is 6.04 Å². The number of amides is 2. The molecule has 0 radical (unpaired) electrons. The number of nitrogens with one attached hydrogen (secondary N) is 1. The van der Waals surface area contributed by atoms with Crippen LogP contribution in [0.3, 0.4) is 0 Å². The van der Waals surface area contributed by atoms with Crippen molar-refractivity contribution in [1.82, 2.24) is 10.2 Å². The van der Waals surface area contributed by atoms with E-state index in [4.69, 9.17) is 0 Å². The van der Waals surface area contributed by atoms with Gasteiger partial charge in [-0.2, -0.15) is 0 Å². The van der Waals surface area contributed by atoms with Crippen LogP contribution in [0.1, 0.15) is 37.9 Å². The summed E-state index contributed by atoms with van der Waals surface area (Å²) in [4.78, 5) is 13.9. The number of nitrogens with zero attached hydrogens (tertiary/aromatic N) is 1. The van der Waals surface area contributed by atoms with Crippen LogP contribution in [0.2, 0.25) is 0 Å². The Bertz CT molecular complexity index is 408. The number of hydrogen-bond donors (Lipinski definition) is 2. The second kappa shape index (κ2) is 6.57. The molecule has 1 aliphatic rings. The van der Waals surface area contributed by atoms with E-state index in [0.717, 1.165) is 24.9 Å². The molecule has 19 heavy (non-hydrogen) atoms. The van der Waals surface area contributed by atoms with Gasteiger partial charge in [0.25, 0.3) is 0 Å². The van der Waals surface area contributed by atoms with Crippen molar-refractivity contribution < 1.29 is 9.90 Å². The molecular formula is C15H22N2O2. The molecule has 4 heteroatoms. The van der Waals surface area contributed by atoms with Gasteiger partial charge in [0.1, 0.15) is 0 Å². The van der Waals surface area contributed by atoms with E-state index in [1.165, 1.54) is 6.42 Å². The van der Waals surface area contributed by atoms with Crippen LogP contribution in [0.4, 0.5) is 4.79 Å². The van der Waals surface area contributed by atoms with Gasteiger partial charge in [0.15, 0.2) is 0 Å². The lowest BCUT2D eigenvalue weighted by Gasteiger charge is -2.33. The van der Waals surface area contributed by atoms with Gasteiger partial charge >= 0.3 is 6.03 Å². The number of hydrogen-bond acceptors (Lipinski definition) is 2. The highest BCUT2D eigenvalue weighted by molar-refractivity contribution is 5.74. The molecular weight excluding hydrogens is 240 g/mol. The summed E-state index contributed by atoms with van der Waals surface area (Å²) in [5, 5.41) is 12.8. The maximum atomic E-state index is 12.0. The number of carbonyl (C=O) groups is 1. The fourth-order valence-corrected chi connectivity index (χ4v) is 2.48. The Labute approximate surface area is 114 Å². The Balaban J connectivity index is 1.83. The average Bonchev–Trinajstić information content (AvgIpc) is 2.46. The van der Waals surface area contributed by atoms with E-state index in [-0.39, 0.29) is 12.6 Å². The van der Waals surface area contributed by atoms with E-state index in [1.807, 2.05) is 35.2 Å². The molecule has 1 fully saturated rings. The number of benzene rings is 1. The zero-order chi connectivity index (χ0) is 13.7. The number of urea groups is 1. The largest absolute Gasteiger partial charge is 0.387 e. The minimum atomic E-state index is -0.648.